The smallest absolute Gasteiger partial charge is 0.113 e. The van der Waals surface area contributed by atoms with E-state index in [1.54, 1.807) is 17.4 Å². The number of aromatic nitrogens is 1. The summed E-state index contributed by atoms with van der Waals surface area (Å²) in [5.74, 6) is 0.770. The van der Waals surface area contributed by atoms with Gasteiger partial charge in [-0.25, -0.2) is 4.98 Å². The molecule has 0 radical (unpaired) electrons. The molecule has 112 valence electrons. The van der Waals surface area contributed by atoms with E-state index in [4.69, 9.17) is 33.9 Å². The fourth-order valence-corrected chi connectivity index (χ4v) is 4.31. The van der Waals surface area contributed by atoms with Crippen molar-refractivity contribution >= 4 is 34.5 Å². The zero-order valence-electron chi connectivity index (χ0n) is 11.9. The van der Waals surface area contributed by atoms with Crippen LogP contribution in [0.1, 0.15) is 37.6 Å². The Bertz CT molecular complexity index is 645. The molecule has 2 N–H and O–H groups in total. The van der Waals surface area contributed by atoms with Crippen LogP contribution in [-0.4, -0.2) is 4.98 Å². The van der Waals surface area contributed by atoms with Crippen molar-refractivity contribution in [2.24, 2.45) is 11.7 Å². The van der Waals surface area contributed by atoms with Crippen molar-refractivity contribution in [3.8, 4) is 11.3 Å². The summed E-state index contributed by atoms with van der Waals surface area (Å²) in [7, 11) is 0. The Morgan fingerprint density at radius 3 is 2.67 bits per heavy atom. The first kappa shape index (κ1) is 15.3. The second-order valence-corrected chi connectivity index (χ2v) is 7.70. The third-order valence-electron chi connectivity index (χ3n) is 4.30. The van der Waals surface area contributed by atoms with Crippen LogP contribution in [0, 0.1) is 5.92 Å². The monoisotopic (exact) mass is 340 g/mol. The summed E-state index contributed by atoms with van der Waals surface area (Å²) in [6.45, 7) is 2.29. The van der Waals surface area contributed by atoms with E-state index < -0.39 is 0 Å². The molecule has 0 aliphatic heterocycles. The van der Waals surface area contributed by atoms with Crippen molar-refractivity contribution in [3.05, 3.63) is 38.6 Å². The fourth-order valence-electron chi connectivity index (χ4n) is 2.81. The van der Waals surface area contributed by atoms with Crippen LogP contribution in [0.5, 0.6) is 0 Å². The zero-order chi connectivity index (χ0) is 15.0. The number of hydrogen-bond donors (Lipinski definition) is 1. The lowest BCUT2D eigenvalue weighted by Gasteiger charge is -2.34. The van der Waals surface area contributed by atoms with Crippen molar-refractivity contribution in [2.75, 3.05) is 0 Å². The van der Waals surface area contributed by atoms with Gasteiger partial charge in [0, 0.05) is 16.0 Å². The molecule has 2 nitrogen and oxygen atoms in total. The average Bonchev–Trinajstić information content (AvgIpc) is 2.92. The van der Waals surface area contributed by atoms with Gasteiger partial charge in [0.1, 0.15) is 5.01 Å². The molecule has 1 aromatic heterocycles. The summed E-state index contributed by atoms with van der Waals surface area (Å²) < 4.78 is 0. The fraction of sp³-hybridized carbons (Fsp3) is 0.438. The molecule has 1 aromatic carbocycles. The molecule has 3 rings (SSSR count). The predicted octanol–water partition coefficient (Wildman–Crippen LogP) is 5.48. The van der Waals surface area contributed by atoms with E-state index in [0.717, 1.165) is 35.0 Å². The third kappa shape index (κ3) is 3.11. The van der Waals surface area contributed by atoms with Crippen molar-refractivity contribution < 1.29 is 0 Å². The Kier molecular flexibility index (Phi) is 4.28. The van der Waals surface area contributed by atoms with Crippen molar-refractivity contribution in [2.45, 2.75) is 38.1 Å². The summed E-state index contributed by atoms with van der Waals surface area (Å²) in [6, 6.07) is 5.50. The van der Waals surface area contributed by atoms with Crippen LogP contribution < -0.4 is 5.73 Å². The number of rotatable bonds is 2. The number of halogens is 2. The third-order valence-corrected chi connectivity index (χ3v) is 5.91. The molecule has 1 aliphatic carbocycles. The molecule has 0 amide bonds. The largest absolute Gasteiger partial charge is 0.319 e. The van der Waals surface area contributed by atoms with Crippen LogP contribution >= 0.6 is 34.5 Å². The number of nitrogens with zero attached hydrogens (tertiary/aromatic N) is 1. The normalized spacial score (nSPS) is 26.0. The molecule has 2 aromatic rings. The molecule has 0 saturated heterocycles. The molecule has 1 heterocycles. The average molecular weight is 341 g/mol. The predicted molar refractivity (Wildman–Crippen MR) is 91.1 cm³/mol. The van der Waals surface area contributed by atoms with Crippen molar-refractivity contribution in [3.63, 3.8) is 0 Å². The van der Waals surface area contributed by atoms with E-state index in [1.165, 1.54) is 12.8 Å². The van der Waals surface area contributed by atoms with Crippen LogP contribution in [0.15, 0.2) is 23.6 Å². The van der Waals surface area contributed by atoms with Crippen LogP contribution in [0.3, 0.4) is 0 Å². The quantitative estimate of drug-likeness (QED) is 0.785. The van der Waals surface area contributed by atoms with Gasteiger partial charge in [-0.3, -0.25) is 0 Å². The minimum absolute atomic E-state index is 0.270. The molecule has 0 spiro atoms. The van der Waals surface area contributed by atoms with E-state index in [2.05, 4.69) is 6.92 Å². The Morgan fingerprint density at radius 2 is 2.00 bits per heavy atom. The van der Waals surface area contributed by atoms with Gasteiger partial charge in [0.2, 0.25) is 0 Å². The first-order valence-corrected chi connectivity index (χ1v) is 8.82. The molecule has 1 aliphatic rings. The van der Waals surface area contributed by atoms with Crippen LogP contribution in [0.4, 0.5) is 0 Å². The summed E-state index contributed by atoms with van der Waals surface area (Å²) in [6.07, 6.45) is 4.37. The van der Waals surface area contributed by atoms with Gasteiger partial charge in [-0.1, -0.05) is 30.1 Å². The molecule has 1 fully saturated rings. The van der Waals surface area contributed by atoms with E-state index in [-0.39, 0.29) is 5.54 Å². The van der Waals surface area contributed by atoms with E-state index in [9.17, 15) is 0 Å². The Hall–Kier alpha value is -0.610. The Balaban J connectivity index is 1.89. The standard InChI is InChI=1S/C16H18Cl2N2S/c1-10-4-6-16(19,7-5-10)15-20-14(9-21-15)12-3-2-11(17)8-13(12)18/h2-3,8-10H,4-7,19H2,1H3. The van der Waals surface area contributed by atoms with Gasteiger partial charge in [0.25, 0.3) is 0 Å². The molecule has 0 bridgehead atoms. The van der Waals surface area contributed by atoms with Gasteiger partial charge >= 0.3 is 0 Å². The summed E-state index contributed by atoms with van der Waals surface area (Å²) >= 11 is 13.8. The minimum Gasteiger partial charge on any atom is -0.319 e. The summed E-state index contributed by atoms with van der Waals surface area (Å²) in [4.78, 5) is 4.76. The lowest BCUT2D eigenvalue weighted by Crippen LogP contribution is -2.40. The molecule has 0 atom stereocenters. The van der Waals surface area contributed by atoms with Gasteiger partial charge in [0.05, 0.1) is 16.3 Å². The zero-order valence-corrected chi connectivity index (χ0v) is 14.2. The second-order valence-electron chi connectivity index (χ2n) is 6.00. The highest BCUT2D eigenvalue weighted by atomic mass is 35.5. The lowest BCUT2D eigenvalue weighted by atomic mass is 9.78. The maximum absolute atomic E-state index is 6.59. The maximum Gasteiger partial charge on any atom is 0.113 e. The van der Waals surface area contributed by atoms with E-state index >= 15 is 0 Å². The first-order valence-electron chi connectivity index (χ1n) is 7.18. The number of thiazole rings is 1. The van der Waals surface area contributed by atoms with Gasteiger partial charge in [-0.15, -0.1) is 11.3 Å². The molecule has 5 heteroatoms. The van der Waals surface area contributed by atoms with Crippen molar-refractivity contribution in [1.29, 1.82) is 0 Å². The van der Waals surface area contributed by atoms with Gasteiger partial charge < -0.3 is 5.73 Å². The maximum atomic E-state index is 6.59. The molecular formula is C16H18Cl2N2S. The van der Waals surface area contributed by atoms with E-state index in [0.29, 0.717) is 10.0 Å². The highest BCUT2D eigenvalue weighted by Gasteiger charge is 2.34. The summed E-state index contributed by atoms with van der Waals surface area (Å²) in [5, 5.41) is 4.32. The topological polar surface area (TPSA) is 38.9 Å². The van der Waals surface area contributed by atoms with Gasteiger partial charge in [-0.2, -0.15) is 0 Å². The molecular weight excluding hydrogens is 323 g/mol. The molecule has 1 saturated carbocycles. The number of nitrogens with two attached hydrogens (primary N) is 1. The van der Waals surface area contributed by atoms with Gasteiger partial charge in [-0.05, 0) is 49.8 Å². The minimum atomic E-state index is -0.270. The SMILES string of the molecule is CC1CCC(N)(c2nc(-c3ccc(Cl)cc3Cl)cs2)CC1. The Labute approximate surface area is 139 Å². The van der Waals surface area contributed by atoms with Crippen LogP contribution in [-0.2, 0) is 5.54 Å². The van der Waals surface area contributed by atoms with Crippen LogP contribution in [0.25, 0.3) is 11.3 Å². The van der Waals surface area contributed by atoms with Crippen LogP contribution in [0.2, 0.25) is 10.0 Å². The van der Waals surface area contributed by atoms with Gasteiger partial charge in [0.15, 0.2) is 0 Å². The highest BCUT2D eigenvalue weighted by molar-refractivity contribution is 7.10. The van der Waals surface area contributed by atoms with Crippen molar-refractivity contribution in [1.82, 2.24) is 4.98 Å². The second kappa shape index (κ2) is 5.88. The van der Waals surface area contributed by atoms with E-state index in [1.807, 2.05) is 17.5 Å². The number of benzene rings is 1. The first-order chi connectivity index (χ1) is 9.98. The Morgan fingerprint density at radius 1 is 1.29 bits per heavy atom. The molecule has 21 heavy (non-hydrogen) atoms. The number of hydrogen-bond acceptors (Lipinski definition) is 3. The summed E-state index contributed by atoms with van der Waals surface area (Å²) in [5.41, 5.74) is 8.12. The highest BCUT2D eigenvalue weighted by Crippen LogP contribution is 2.40. The lowest BCUT2D eigenvalue weighted by molar-refractivity contribution is 0.247. The molecule has 0 unspecified atom stereocenters.